The number of likely N-dealkylation sites (tertiary alicyclic amines) is 1. The molecule has 2 amide bonds. The maximum absolute atomic E-state index is 14.9. The van der Waals surface area contributed by atoms with Crippen LogP contribution in [0, 0.1) is 0 Å². The summed E-state index contributed by atoms with van der Waals surface area (Å²) in [7, 11) is 1.65. The number of benzene rings is 2. The summed E-state index contributed by atoms with van der Waals surface area (Å²) in [4.78, 5) is 39.3. The summed E-state index contributed by atoms with van der Waals surface area (Å²) in [6, 6.07) is 11.8. The molecule has 6 rings (SSSR count). The number of hydrogen-bond donors (Lipinski definition) is 0. The van der Waals surface area contributed by atoms with E-state index in [4.69, 9.17) is 30.5 Å². The Morgan fingerprint density at radius 2 is 1.60 bits per heavy atom. The summed E-state index contributed by atoms with van der Waals surface area (Å²) >= 11 is 6.48. The van der Waals surface area contributed by atoms with Crippen molar-refractivity contribution in [2.24, 2.45) is 0 Å². The summed E-state index contributed by atoms with van der Waals surface area (Å²) in [5.74, 6) is -0.635. The Kier molecular flexibility index (Phi) is 9.44. The minimum Gasteiger partial charge on any atom is -0.493 e. The zero-order valence-corrected chi connectivity index (χ0v) is 28.8. The van der Waals surface area contributed by atoms with Crippen LogP contribution in [0.4, 0.5) is 10.5 Å². The molecule has 1 atom stereocenters. The van der Waals surface area contributed by atoms with Gasteiger partial charge in [-0.1, -0.05) is 11.6 Å². The number of halogens is 1. The molecule has 0 spiro atoms. The van der Waals surface area contributed by atoms with Gasteiger partial charge in [-0.3, -0.25) is 9.69 Å². The lowest BCUT2D eigenvalue weighted by Gasteiger charge is -2.42. The third-order valence-electron chi connectivity index (χ3n) is 9.30. The lowest BCUT2D eigenvalue weighted by Crippen LogP contribution is -2.55. The molecule has 0 N–H and O–H groups in total. The second-order valence-electron chi connectivity index (χ2n) is 11.9. The molecule has 0 aliphatic carbocycles. The van der Waals surface area contributed by atoms with Crippen molar-refractivity contribution in [2.75, 3.05) is 72.0 Å². The van der Waals surface area contributed by atoms with Crippen molar-refractivity contribution >= 4 is 39.3 Å². The van der Waals surface area contributed by atoms with Crippen LogP contribution >= 0.6 is 11.6 Å². The number of nitrogens with zero attached hydrogens (tertiary/aromatic N) is 5. The highest BCUT2D eigenvalue weighted by molar-refractivity contribution is 7.93. The van der Waals surface area contributed by atoms with Crippen molar-refractivity contribution in [1.29, 1.82) is 0 Å². The number of piperidine rings is 1. The standard InChI is InChI=1S/C33H38ClN5O8S/c1-36-14-11-23(12-15-36)37-16-18-38(19-17-37)32(41)47-33(25-6-5-13-35-30(25)46-4)26-20-22(34)7-9-27(26)39(31(33)40)48(42,43)24-8-10-28(44-2)29(21-24)45-3/h5-10,13,20-21,23H,11-12,14-19H2,1-4H3. The number of carbonyl (C=O) groups excluding carboxylic acids is 2. The van der Waals surface area contributed by atoms with E-state index in [9.17, 15) is 18.0 Å². The van der Waals surface area contributed by atoms with Crippen LogP contribution in [0.15, 0.2) is 59.6 Å². The number of pyridine rings is 1. The Morgan fingerprint density at radius 3 is 2.27 bits per heavy atom. The molecule has 0 bridgehead atoms. The van der Waals surface area contributed by atoms with Crippen LogP contribution < -0.4 is 18.5 Å². The minimum atomic E-state index is -4.63. The van der Waals surface area contributed by atoms with Crippen molar-refractivity contribution in [3.63, 3.8) is 0 Å². The first-order valence-corrected chi connectivity index (χ1v) is 17.4. The number of carbonyl (C=O) groups is 2. The molecule has 1 unspecified atom stereocenters. The van der Waals surface area contributed by atoms with Crippen LogP contribution in [0.2, 0.25) is 5.02 Å². The molecule has 4 heterocycles. The molecule has 0 saturated carbocycles. The van der Waals surface area contributed by atoms with Crippen molar-refractivity contribution in [3.8, 4) is 17.4 Å². The van der Waals surface area contributed by atoms with Crippen molar-refractivity contribution in [2.45, 2.75) is 29.4 Å². The monoisotopic (exact) mass is 699 g/mol. The highest BCUT2D eigenvalue weighted by atomic mass is 35.5. The molecule has 1 aromatic heterocycles. The van der Waals surface area contributed by atoms with Gasteiger partial charge in [-0.25, -0.2) is 18.2 Å². The van der Waals surface area contributed by atoms with Crippen LogP contribution in [-0.2, 0) is 25.2 Å². The van der Waals surface area contributed by atoms with Gasteiger partial charge in [-0.15, -0.1) is 0 Å². The van der Waals surface area contributed by atoms with Crippen molar-refractivity contribution in [1.82, 2.24) is 19.7 Å². The van der Waals surface area contributed by atoms with E-state index in [1.165, 1.54) is 70.0 Å². The van der Waals surface area contributed by atoms with Crippen LogP contribution in [0.25, 0.3) is 0 Å². The quantitative estimate of drug-likeness (QED) is 0.342. The smallest absolute Gasteiger partial charge is 0.411 e. The number of aromatic nitrogens is 1. The summed E-state index contributed by atoms with van der Waals surface area (Å²) in [5.41, 5.74) is -2.26. The molecule has 256 valence electrons. The third-order valence-corrected chi connectivity index (χ3v) is 11.2. The van der Waals surface area contributed by atoms with Gasteiger partial charge in [-0.2, -0.15) is 4.31 Å². The fourth-order valence-electron chi connectivity index (χ4n) is 6.72. The molecular formula is C33H38ClN5O8S. The highest BCUT2D eigenvalue weighted by Crippen LogP contribution is 2.52. The second kappa shape index (κ2) is 13.4. The van der Waals surface area contributed by atoms with Gasteiger partial charge in [0, 0.05) is 55.1 Å². The number of sulfonamides is 1. The van der Waals surface area contributed by atoms with Gasteiger partial charge < -0.3 is 28.7 Å². The lowest BCUT2D eigenvalue weighted by molar-refractivity contribution is -0.132. The molecule has 0 radical (unpaired) electrons. The second-order valence-corrected chi connectivity index (χ2v) is 14.1. The molecule has 2 aromatic carbocycles. The third kappa shape index (κ3) is 5.80. The van der Waals surface area contributed by atoms with E-state index >= 15 is 0 Å². The number of amides is 2. The van der Waals surface area contributed by atoms with Crippen LogP contribution in [0.5, 0.6) is 17.4 Å². The van der Waals surface area contributed by atoms with Crippen molar-refractivity contribution in [3.05, 3.63) is 70.9 Å². The van der Waals surface area contributed by atoms with Gasteiger partial charge in [0.05, 0.1) is 37.5 Å². The minimum absolute atomic E-state index is 0.0259. The molecule has 48 heavy (non-hydrogen) atoms. The number of piperazine rings is 1. The number of ether oxygens (including phenoxy) is 4. The fraction of sp³-hybridized carbons (Fsp3) is 0.424. The Hall–Kier alpha value is -4.11. The van der Waals surface area contributed by atoms with Crippen LogP contribution in [0.1, 0.15) is 24.0 Å². The van der Waals surface area contributed by atoms with Gasteiger partial charge in [0.15, 0.2) is 11.5 Å². The largest absolute Gasteiger partial charge is 0.493 e. The number of anilines is 1. The average Bonchev–Trinajstić information content (AvgIpc) is 3.35. The Labute approximate surface area is 284 Å². The first kappa shape index (κ1) is 33.8. The van der Waals surface area contributed by atoms with E-state index in [0.717, 1.165) is 25.9 Å². The van der Waals surface area contributed by atoms with E-state index in [1.807, 2.05) is 0 Å². The van der Waals surface area contributed by atoms with E-state index < -0.39 is 27.6 Å². The van der Waals surface area contributed by atoms with Gasteiger partial charge in [0.1, 0.15) is 0 Å². The molecule has 2 fully saturated rings. The van der Waals surface area contributed by atoms with Crippen molar-refractivity contribution < 1.29 is 37.0 Å². The number of hydrogen-bond acceptors (Lipinski definition) is 11. The Bertz CT molecular complexity index is 1810. The van der Waals surface area contributed by atoms with Crippen LogP contribution in [-0.4, -0.2) is 114 Å². The Balaban J connectivity index is 1.41. The topological polar surface area (TPSA) is 131 Å². The maximum atomic E-state index is 14.9. The van der Waals surface area contributed by atoms with E-state index in [0.29, 0.717) is 42.3 Å². The van der Waals surface area contributed by atoms with Gasteiger partial charge in [0.2, 0.25) is 5.88 Å². The predicted molar refractivity (Wildman–Crippen MR) is 177 cm³/mol. The summed E-state index contributed by atoms with van der Waals surface area (Å²) in [6.45, 7) is 4.07. The van der Waals surface area contributed by atoms with Gasteiger partial charge in [0.25, 0.3) is 21.5 Å². The lowest BCUT2D eigenvalue weighted by atomic mass is 9.87. The fourth-order valence-corrected chi connectivity index (χ4v) is 8.36. The van der Waals surface area contributed by atoms with E-state index in [-0.39, 0.29) is 38.4 Å². The molecule has 15 heteroatoms. The number of rotatable bonds is 8. The number of fused-ring (bicyclic) bond motifs is 1. The maximum Gasteiger partial charge on any atom is 0.411 e. The average molecular weight is 700 g/mol. The zero-order chi connectivity index (χ0) is 34.2. The molecule has 3 aliphatic heterocycles. The Morgan fingerprint density at radius 1 is 0.896 bits per heavy atom. The predicted octanol–water partition coefficient (Wildman–Crippen LogP) is 3.59. The molecular weight excluding hydrogens is 662 g/mol. The van der Waals surface area contributed by atoms with Gasteiger partial charge in [-0.05, 0) is 75.4 Å². The van der Waals surface area contributed by atoms with E-state index in [2.05, 4.69) is 21.8 Å². The van der Waals surface area contributed by atoms with Gasteiger partial charge >= 0.3 is 6.09 Å². The zero-order valence-electron chi connectivity index (χ0n) is 27.2. The van der Waals surface area contributed by atoms with E-state index in [1.54, 1.807) is 11.0 Å². The normalized spacial score (nSPS) is 20.8. The summed E-state index contributed by atoms with van der Waals surface area (Å²) in [6.07, 6.45) is 2.78. The highest BCUT2D eigenvalue weighted by Gasteiger charge is 2.61. The molecule has 13 nitrogen and oxygen atoms in total. The summed E-state index contributed by atoms with van der Waals surface area (Å²) < 4.78 is 51.9. The molecule has 3 aliphatic rings. The molecule has 3 aromatic rings. The molecule has 2 saturated heterocycles. The first-order valence-electron chi connectivity index (χ1n) is 15.6. The summed E-state index contributed by atoms with van der Waals surface area (Å²) in [5, 5.41) is 0.196. The first-order chi connectivity index (χ1) is 23.0. The van der Waals surface area contributed by atoms with Crippen LogP contribution in [0.3, 0.4) is 0 Å². The SMILES string of the molecule is COc1ccc(S(=O)(=O)N2C(=O)C(OC(=O)N3CCN(C4CCN(C)CC4)CC3)(c3cccnc3OC)c3cc(Cl)ccc32)cc1OC. The number of methoxy groups -OCH3 is 3.